The first-order valence-electron chi connectivity index (χ1n) is 5.49. The van der Waals surface area contributed by atoms with Gasteiger partial charge >= 0.3 is 0 Å². The highest BCUT2D eigenvalue weighted by molar-refractivity contribution is 5.21. The molecule has 1 saturated heterocycles. The highest BCUT2D eigenvalue weighted by Gasteiger charge is 2.21. The van der Waals surface area contributed by atoms with E-state index in [4.69, 9.17) is 4.98 Å². The maximum atomic E-state index is 4.73. The normalized spacial score (nSPS) is 25.3. The van der Waals surface area contributed by atoms with Crippen LogP contribution < -0.4 is 5.32 Å². The molecule has 3 nitrogen and oxygen atoms in total. The van der Waals surface area contributed by atoms with E-state index in [-0.39, 0.29) is 0 Å². The van der Waals surface area contributed by atoms with E-state index in [0.717, 1.165) is 25.9 Å². The minimum atomic E-state index is 0.605. The highest BCUT2D eigenvalue weighted by Crippen LogP contribution is 2.23. The number of fused-ring (bicyclic) bond motifs is 1. The van der Waals surface area contributed by atoms with E-state index in [1.807, 2.05) is 6.20 Å². The van der Waals surface area contributed by atoms with Gasteiger partial charge in [0.2, 0.25) is 0 Å². The van der Waals surface area contributed by atoms with Crippen molar-refractivity contribution in [1.82, 2.24) is 15.3 Å². The van der Waals surface area contributed by atoms with Gasteiger partial charge in [0.05, 0.1) is 17.1 Å². The van der Waals surface area contributed by atoms with Crippen molar-refractivity contribution < 1.29 is 0 Å². The van der Waals surface area contributed by atoms with Crippen LogP contribution in [0.1, 0.15) is 35.8 Å². The van der Waals surface area contributed by atoms with Crippen LogP contribution in [0.25, 0.3) is 0 Å². The number of nitrogens with one attached hydrogen (secondary N) is 1. The minimum absolute atomic E-state index is 0.605. The zero-order chi connectivity index (χ0) is 9.38. The third kappa shape index (κ3) is 1.32. The zero-order valence-corrected chi connectivity index (χ0v) is 8.29. The summed E-state index contributed by atoms with van der Waals surface area (Å²) < 4.78 is 0. The lowest BCUT2D eigenvalue weighted by Gasteiger charge is -2.08. The Morgan fingerprint density at radius 2 is 2.21 bits per heavy atom. The van der Waals surface area contributed by atoms with Gasteiger partial charge in [-0.25, -0.2) is 0 Å². The third-order valence-electron chi connectivity index (χ3n) is 3.26. The molecule has 0 radical (unpaired) electrons. The van der Waals surface area contributed by atoms with Gasteiger partial charge in [-0.1, -0.05) is 0 Å². The van der Waals surface area contributed by atoms with Gasteiger partial charge in [-0.2, -0.15) is 0 Å². The Kier molecular flexibility index (Phi) is 1.98. The van der Waals surface area contributed by atoms with Crippen LogP contribution in [0.2, 0.25) is 0 Å². The van der Waals surface area contributed by atoms with Crippen LogP contribution >= 0.6 is 0 Å². The molecule has 0 aromatic carbocycles. The summed E-state index contributed by atoms with van der Waals surface area (Å²) in [5, 5.41) is 3.37. The second-order valence-corrected chi connectivity index (χ2v) is 4.23. The van der Waals surface area contributed by atoms with Gasteiger partial charge in [-0.3, -0.25) is 9.97 Å². The second-order valence-electron chi connectivity index (χ2n) is 4.23. The summed E-state index contributed by atoms with van der Waals surface area (Å²) in [5.74, 6) is 0.605. The molecule has 1 aromatic rings. The van der Waals surface area contributed by atoms with E-state index in [1.165, 1.54) is 29.9 Å². The van der Waals surface area contributed by atoms with Gasteiger partial charge in [0.15, 0.2) is 0 Å². The molecule has 0 saturated carbocycles. The molecule has 14 heavy (non-hydrogen) atoms. The third-order valence-corrected chi connectivity index (χ3v) is 3.26. The van der Waals surface area contributed by atoms with E-state index in [1.54, 1.807) is 0 Å². The maximum Gasteiger partial charge on any atom is 0.0634 e. The average Bonchev–Trinajstić information content (AvgIpc) is 2.88. The largest absolute Gasteiger partial charge is 0.316 e. The summed E-state index contributed by atoms with van der Waals surface area (Å²) in [6.45, 7) is 2.21. The summed E-state index contributed by atoms with van der Waals surface area (Å²) in [6.07, 6.45) is 6.71. The van der Waals surface area contributed by atoms with Crippen molar-refractivity contribution in [2.45, 2.75) is 31.6 Å². The molecule has 3 rings (SSSR count). The summed E-state index contributed by atoms with van der Waals surface area (Å²) in [6, 6.07) is 0. The minimum Gasteiger partial charge on any atom is -0.316 e. The molecule has 2 aliphatic rings. The molecule has 1 aliphatic carbocycles. The Balaban J connectivity index is 1.91. The molecule has 1 unspecified atom stereocenters. The van der Waals surface area contributed by atoms with E-state index in [2.05, 4.69) is 10.3 Å². The van der Waals surface area contributed by atoms with Gasteiger partial charge in [-0.15, -0.1) is 0 Å². The fraction of sp³-hybridized carbons (Fsp3) is 0.636. The van der Waals surface area contributed by atoms with Crippen molar-refractivity contribution in [2.75, 3.05) is 13.1 Å². The molecule has 0 amide bonds. The predicted octanol–water partition coefficient (Wildman–Crippen LogP) is 1.04. The molecule has 1 atom stereocenters. The zero-order valence-electron chi connectivity index (χ0n) is 8.29. The van der Waals surface area contributed by atoms with Gasteiger partial charge in [0.1, 0.15) is 0 Å². The summed E-state index contributed by atoms with van der Waals surface area (Å²) in [5.41, 5.74) is 3.70. The van der Waals surface area contributed by atoms with Crippen LogP contribution in [0.15, 0.2) is 6.20 Å². The molecular weight excluding hydrogens is 174 g/mol. The molecular formula is C11H15N3. The first kappa shape index (κ1) is 8.36. The second kappa shape index (κ2) is 3.31. The molecule has 2 heterocycles. The highest BCUT2D eigenvalue weighted by atomic mass is 14.9. The Morgan fingerprint density at radius 3 is 3.07 bits per heavy atom. The summed E-state index contributed by atoms with van der Waals surface area (Å²) in [4.78, 5) is 9.25. The number of hydrogen-bond donors (Lipinski definition) is 1. The average molecular weight is 189 g/mol. The fourth-order valence-corrected chi connectivity index (χ4v) is 2.40. The topological polar surface area (TPSA) is 37.8 Å². The van der Waals surface area contributed by atoms with Crippen molar-refractivity contribution in [3.8, 4) is 0 Å². The monoisotopic (exact) mass is 189 g/mol. The first-order valence-corrected chi connectivity index (χ1v) is 5.49. The summed E-state index contributed by atoms with van der Waals surface area (Å²) in [7, 11) is 0. The van der Waals surface area contributed by atoms with E-state index < -0.39 is 0 Å². The van der Waals surface area contributed by atoms with Crippen LogP contribution in [0.4, 0.5) is 0 Å². The molecule has 74 valence electrons. The Labute approximate surface area is 84.0 Å². The Morgan fingerprint density at radius 1 is 1.29 bits per heavy atom. The number of aryl methyl sites for hydroxylation is 2. The lowest BCUT2D eigenvalue weighted by Crippen LogP contribution is -2.10. The van der Waals surface area contributed by atoms with Crippen molar-refractivity contribution in [1.29, 1.82) is 0 Å². The Hall–Kier alpha value is -0.960. The standard InChI is InChI=1S/C11H15N3/c1-2-9-10(3-1)14-11(7-13-9)8-4-5-12-6-8/h7-8,12H,1-6H2. The van der Waals surface area contributed by atoms with Crippen LogP contribution in [0.5, 0.6) is 0 Å². The van der Waals surface area contributed by atoms with Gasteiger partial charge in [0.25, 0.3) is 0 Å². The van der Waals surface area contributed by atoms with Gasteiger partial charge in [0, 0.05) is 18.7 Å². The van der Waals surface area contributed by atoms with Crippen LogP contribution in [0, 0.1) is 0 Å². The van der Waals surface area contributed by atoms with Crippen LogP contribution in [-0.4, -0.2) is 23.1 Å². The Bertz CT molecular complexity index is 342. The molecule has 1 aromatic heterocycles. The lowest BCUT2D eigenvalue weighted by atomic mass is 10.1. The van der Waals surface area contributed by atoms with Crippen molar-refractivity contribution in [3.05, 3.63) is 23.3 Å². The lowest BCUT2D eigenvalue weighted by molar-refractivity contribution is 0.720. The van der Waals surface area contributed by atoms with E-state index in [0.29, 0.717) is 5.92 Å². The predicted molar refractivity (Wildman–Crippen MR) is 54.3 cm³/mol. The smallest absolute Gasteiger partial charge is 0.0634 e. The fourth-order valence-electron chi connectivity index (χ4n) is 2.40. The van der Waals surface area contributed by atoms with E-state index in [9.17, 15) is 0 Å². The first-order chi connectivity index (χ1) is 6.93. The molecule has 0 bridgehead atoms. The molecule has 3 heteroatoms. The number of hydrogen-bond acceptors (Lipinski definition) is 3. The molecule has 1 N–H and O–H groups in total. The van der Waals surface area contributed by atoms with Crippen LogP contribution in [-0.2, 0) is 12.8 Å². The van der Waals surface area contributed by atoms with E-state index >= 15 is 0 Å². The number of nitrogens with zero attached hydrogens (tertiary/aromatic N) is 2. The molecule has 1 aliphatic heterocycles. The van der Waals surface area contributed by atoms with Crippen LogP contribution in [0.3, 0.4) is 0 Å². The molecule has 0 spiro atoms. The van der Waals surface area contributed by atoms with Gasteiger partial charge < -0.3 is 5.32 Å². The maximum absolute atomic E-state index is 4.73. The van der Waals surface area contributed by atoms with Crippen molar-refractivity contribution in [3.63, 3.8) is 0 Å². The number of aromatic nitrogens is 2. The number of rotatable bonds is 1. The molecule has 1 fully saturated rings. The van der Waals surface area contributed by atoms with Crippen molar-refractivity contribution >= 4 is 0 Å². The SMILES string of the molecule is c1nc2c(nc1C1CCNC1)CCC2. The quantitative estimate of drug-likeness (QED) is 0.717. The summed E-state index contributed by atoms with van der Waals surface area (Å²) >= 11 is 0. The van der Waals surface area contributed by atoms with Crippen molar-refractivity contribution in [2.24, 2.45) is 0 Å². The van der Waals surface area contributed by atoms with Gasteiger partial charge in [-0.05, 0) is 32.2 Å².